The van der Waals surface area contributed by atoms with Crippen LogP contribution in [-0.4, -0.2) is 0 Å². The van der Waals surface area contributed by atoms with Crippen LogP contribution in [0.25, 0.3) is 0 Å². The van der Waals surface area contributed by atoms with Gasteiger partial charge < -0.3 is 5.32 Å². The van der Waals surface area contributed by atoms with Gasteiger partial charge >= 0.3 is 0 Å². The molecule has 2 nitrogen and oxygen atoms in total. The average molecular weight is 144 g/mol. The van der Waals surface area contributed by atoms with E-state index in [1.54, 1.807) is 18.3 Å². The van der Waals surface area contributed by atoms with Gasteiger partial charge in [-0.1, -0.05) is 12.6 Å². The van der Waals surface area contributed by atoms with E-state index in [0.717, 1.165) is 5.69 Å². The van der Waals surface area contributed by atoms with E-state index in [4.69, 9.17) is 5.26 Å². The fraction of sp³-hybridized carbons (Fsp3) is 0. The number of hydrogen-bond donors (Lipinski definition) is 1. The molecular formula is C9H8N2. The summed E-state index contributed by atoms with van der Waals surface area (Å²) in [6.45, 7) is 3.52. The van der Waals surface area contributed by atoms with E-state index >= 15 is 0 Å². The van der Waals surface area contributed by atoms with Gasteiger partial charge in [0.2, 0.25) is 0 Å². The Morgan fingerprint density at radius 2 is 2.36 bits per heavy atom. The summed E-state index contributed by atoms with van der Waals surface area (Å²) in [6.07, 6.45) is 1.58. The van der Waals surface area contributed by atoms with E-state index < -0.39 is 0 Å². The van der Waals surface area contributed by atoms with Gasteiger partial charge in [-0.2, -0.15) is 5.26 Å². The molecule has 0 heterocycles. The number of nitrogens with zero attached hydrogens (tertiary/aromatic N) is 1. The lowest BCUT2D eigenvalue weighted by molar-refractivity contribution is 1.48. The first kappa shape index (κ1) is 7.36. The van der Waals surface area contributed by atoms with Gasteiger partial charge in [-0.05, 0) is 24.4 Å². The Balaban J connectivity index is 2.93. The Labute approximate surface area is 65.8 Å². The first-order valence-corrected chi connectivity index (χ1v) is 3.24. The second-order valence-electron chi connectivity index (χ2n) is 2.04. The Morgan fingerprint density at radius 1 is 1.55 bits per heavy atom. The smallest absolute Gasteiger partial charge is 0.0992 e. The van der Waals surface area contributed by atoms with Crippen LogP contribution in [0, 0.1) is 11.3 Å². The standard InChI is InChI=1S/C9H8N2/c1-2-11-9-5-3-4-8(6-9)7-10/h2-6,11H,1H2. The first-order chi connectivity index (χ1) is 5.36. The highest BCUT2D eigenvalue weighted by Gasteiger charge is 1.90. The summed E-state index contributed by atoms with van der Waals surface area (Å²) in [7, 11) is 0. The van der Waals surface area contributed by atoms with E-state index in [9.17, 15) is 0 Å². The third-order valence-corrected chi connectivity index (χ3v) is 1.26. The summed E-state index contributed by atoms with van der Waals surface area (Å²) >= 11 is 0. The van der Waals surface area contributed by atoms with Crippen molar-refractivity contribution in [1.29, 1.82) is 5.26 Å². The average Bonchev–Trinajstić information content (AvgIpc) is 2.06. The molecule has 0 aliphatic heterocycles. The van der Waals surface area contributed by atoms with Crippen LogP contribution in [0.15, 0.2) is 37.0 Å². The molecule has 0 aliphatic rings. The summed E-state index contributed by atoms with van der Waals surface area (Å²) in [5, 5.41) is 11.4. The van der Waals surface area contributed by atoms with Gasteiger partial charge in [-0.3, -0.25) is 0 Å². The van der Waals surface area contributed by atoms with Crippen LogP contribution in [0.4, 0.5) is 5.69 Å². The van der Waals surface area contributed by atoms with Gasteiger partial charge in [0.1, 0.15) is 0 Å². The lowest BCUT2D eigenvalue weighted by Crippen LogP contribution is -1.85. The fourth-order valence-electron chi connectivity index (χ4n) is 0.796. The number of benzene rings is 1. The molecule has 0 saturated heterocycles. The largest absolute Gasteiger partial charge is 0.362 e. The lowest BCUT2D eigenvalue weighted by Gasteiger charge is -1.98. The second-order valence-corrected chi connectivity index (χ2v) is 2.04. The van der Waals surface area contributed by atoms with E-state index in [0.29, 0.717) is 5.56 Å². The normalized spacial score (nSPS) is 8.27. The van der Waals surface area contributed by atoms with Crippen molar-refractivity contribution in [2.75, 3.05) is 5.32 Å². The monoisotopic (exact) mass is 144 g/mol. The van der Waals surface area contributed by atoms with Crippen molar-refractivity contribution >= 4 is 5.69 Å². The Kier molecular flexibility index (Phi) is 2.29. The van der Waals surface area contributed by atoms with Gasteiger partial charge in [0, 0.05) is 5.69 Å². The predicted octanol–water partition coefficient (Wildman–Crippen LogP) is 2.11. The number of rotatable bonds is 2. The van der Waals surface area contributed by atoms with Crippen LogP contribution >= 0.6 is 0 Å². The van der Waals surface area contributed by atoms with Crippen molar-refractivity contribution in [2.45, 2.75) is 0 Å². The van der Waals surface area contributed by atoms with Crippen molar-refractivity contribution in [3.63, 3.8) is 0 Å². The highest BCUT2D eigenvalue weighted by atomic mass is 14.8. The van der Waals surface area contributed by atoms with Crippen LogP contribution < -0.4 is 5.32 Å². The van der Waals surface area contributed by atoms with Crippen molar-refractivity contribution < 1.29 is 0 Å². The molecule has 0 atom stereocenters. The molecule has 0 radical (unpaired) electrons. The SMILES string of the molecule is C=CNc1cccc(C#N)c1. The summed E-state index contributed by atoms with van der Waals surface area (Å²) in [4.78, 5) is 0. The number of hydrogen-bond acceptors (Lipinski definition) is 2. The van der Waals surface area contributed by atoms with Gasteiger partial charge in [0.25, 0.3) is 0 Å². The lowest BCUT2D eigenvalue weighted by atomic mass is 10.2. The molecule has 1 aromatic rings. The van der Waals surface area contributed by atoms with Gasteiger partial charge in [-0.25, -0.2) is 0 Å². The van der Waals surface area contributed by atoms with Crippen molar-refractivity contribution in [2.24, 2.45) is 0 Å². The van der Waals surface area contributed by atoms with Gasteiger partial charge in [0.05, 0.1) is 11.6 Å². The Hall–Kier alpha value is -1.75. The second kappa shape index (κ2) is 3.43. The minimum atomic E-state index is 0.650. The fourth-order valence-corrected chi connectivity index (χ4v) is 0.796. The summed E-state index contributed by atoms with van der Waals surface area (Å²) in [5.74, 6) is 0. The van der Waals surface area contributed by atoms with Crippen LogP contribution in [0.1, 0.15) is 5.56 Å². The molecule has 0 bridgehead atoms. The zero-order valence-electron chi connectivity index (χ0n) is 6.04. The number of nitrogens with one attached hydrogen (secondary N) is 1. The highest BCUT2D eigenvalue weighted by Crippen LogP contribution is 2.08. The van der Waals surface area contributed by atoms with Crippen LogP contribution in [0.5, 0.6) is 0 Å². The molecule has 1 aromatic carbocycles. The third-order valence-electron chi connectivity index (χ3n) is 1.26. The summed E-state index contributed by atoms with van der Waals surface area (Å²) in [5.41, 5.74) is 1.54. The molecule has 1 N–H and O–H groups in total. The van der Waals surface area contributed by atoms with Gasteiger partial charge in [0.15, 0.2) is 0 Å². The highest BCUT2D eigenvalue weighted by molar-refractivity contribution is 5.50. The number of nitriles is 1. The molecule has 2 heteroatoms. The molecule has 11 heavy (non-hydrogen) atoms. The molecule has 0 spiro atoms. The van der Waals surface area contributed by atoms with E-state index in [-0.39, 0.29) is 0 Å². The van der Waals surface area contributed by atoms with Crippen LogP contribution in [0.3, 0.4) is 0 Å². The quantitative estimate of drug-likeness (QED) is 0.690. The molecule has 0 amide bonds. The molecular weight excluding hydrogens is 136 g/mol. The van der Waals surface area contributed by atoms with Crippen molar-refractivity contribution in [1.82, 2.24) is 0 Å². The minimum Gasteiger partial charge on any atom is -0.362 e. The third kappa shape index (κ3) is 1.84. The topological polar surface area (TPSA) is 35.8 Å². The van der Waals surface area contributed by atoms with Crippen molar-refractivity contribution in [3.8, 4) is 6.07 Å². The zero-order valence-corrected chi connectivity index (χ0v) is 6.04. The molecule has 0 saturated carbocycles. The zero-order chi connectivity index (χ0) is 8.10. The molecule has 54 valence electrons. The maximum absolute atomic E-state index is 8.53. The van der Waals surface area contributed by atoms with E-state index in [1.165, 1.54) is 0 Å². The maximum Gasteiger partial charge on any atom is 0.0992 e. The summed E-state index contributed by atoms with van der Waals surface area (Å²) in [6, 6.07) is 9.28. The number of anilines is 1. The van der Waals surface area contributed by atoms with Crippen LogP contribution in [-0.2, 0) is 0 Å². The molecule has 1 rings (SSSR count). The molecule has 0 unspecified atom stereocenters. The molecule has 0 aliphatic carbocycles. The maximum atomic E-state index is 8.53. The van der Waals surface area contributed by atoms with E-state index in [2.05, 4.69) is 18.0 Å². The molecule has 0 fully saturated rings. The first-order valence-electron chi connectivity index (χ1n) is 3.24. The summed E-state index contributed by atoms with van der Waals surface area (Å²) < 4.78 is 0. The Bertz CT molecular complexity index is 297. The molecule has 0 aromatic heterocycles. The minimum absolute atomic E-state index is 0.650. The Morgan fingerprint density at radius 3 is 3.00 bits per heavy atom. The predicted molar refractivity (Wildman–Crippen MR) is 45.0 cm³/mol. The van der Waals surface area contributed by atoms with Crippen LogP contribution in [0.2, 0.25) is 0 Å². The van der Waals surface area contributed by atoms with Crippen molar-refractivity contribution in [3.05, 3.63) is 42.6 Å². The van der Waals surface area contributed by atoms with Gasteiger partial charge in [-0.15, -0.1) is 0 Å². The van der Waals surface area contributed by atoms with E-state index in [1.807, 2.05) is 12.1 Å².